The van der Waals surface area contributed by atoms with E-state index >= 15 is 0 Å². The SMILES string of the molecule is Cc1ccnc(NC(=O)c2ccc(N)cc2N)c1. The molecule has 92 valence electrons. The second-order valence-corrected chi connectivity index (χ2v) is 4.02. The number of carbonyl (C=O) groups excluding carboxylic acids is 1. The lowest BCUT2D eigenvalue weighted by atomic mass is 10.1. The van der Waals surface area contributed by atoms with Crippen LogP contribution in [0.4, 0.5) is 17.2 Å². The van der Waals surface area contributed by atoms with Crippen LogP contribution >= 0.6 is 0 Å². The first kappa shape index (κ1) is 11.9. The Morgan fingerprint density at radius 1 is 1.22 bits per heavy atom. The standard InChI is InChI=1S/C13H14N4O/c1-8-4-5-16-12(6-8)17-13(18)10-3-2-9(14)7-11(10)15/h2-7H,14-15H2,1H3,(H,16,17,18). The molecule has 2 rings (SSSR count). The minimum absolute atomic E-state index is 0.300. The van der Waals surface area contributed by atoms with Gasteiger partial charge in [0.1, 0.15) is 5.82 Å². The molecule has 18 heavy (non-hydrogen) atoms. The Hall–Kier alpha value is -2.56. The van der Waals surface area contributed by atoms with Crippen molar-refractivity contribution >= 4 is 23.1 Å². The summed E-state index contributed by atoms with van der Waals surface area (Å²) in [4.78, 5) is 16.0. The minimum atomic E-state index is -0.300. The monoisotopic (exact) mass is 242 g/mol. The molecule has 0 fully saturated rings. The van der Waals surface area contributed by atoms with Crippen LogP contribution in [0.15, 0.2) is 36.5 Å². The molecule has 0 atom stereocenters. The molecule has 1 heterocycles. The molecule has 0 saturated heterocycles. The zero-order chi connectivity index (χ0) is 13.1. The first-order valence-electron chi connectivity index (χ1n) is 5.45. The zero-order valence-electron chi connectivity index (χ0n) is 9.97. The van der Waals surface area contributed by atoms with Crippen LogP contribution in [0.1, 0.15) is 15.9 Å². The van der Waals surface area contributed by atoms with Crippen molar-refractivity contribution in [2.45, 2.75) is 6.92 Å². The Morgan fingerprint density at radius 3 is 2.67 bits per heavy atom. The number of aromatic nitrogens is 1. The molecule has 0 radical (unpaired) electrons. The number of carbonyl (C=O) groups is 1. The van der Waals surface area contributed by atoms with Crippen molar-refractivity contribution in [3.05, 3.63) is 47.7 Å². The maximum atomic E-state index is 12.0. The summed E-state index contributed by atoms with van der Waals surface area (Å²) in [7, 11) is 0. The summed E-state index contributed by atoms with van der Waals surface area (Å²) in [5.41, 5.74) is 13.6. The Labute approximate surface area is 105 Å². The van der Waals surface area contributed by atoms with E-state index in [1.807, 2.05) is 13.0 Å². The van der Waals surface area contributed by atoms with Gasteiger partial charge in [-0.25, -0.2) is 4.98 Å². The average Bonchev–Trinajstić information content (AvgIpc) is 2.28. The summed E-state index contributed by atoms with van der Waals surface area (Å²) < 4.78 is 0. The second-order valence-electron chi connectivity index (χ2n) is 4.02. The maximum absolute atomic E-state index is 12.0. The van der Waals surface area contributed by atoms with Crippen LogP contribution in [0.5, 0.6) is 0 Å². The summed E-state index contributed by atoms with van der Waals surface area (Å²) in [5, 5.41) is 2.69. The van der Waals surface area contributed by atoms with Gasteiger partial charge < -0.3 is 16.8 Å². The molecule has 1 aromatic carbocycles. The van der Waals surface area contributed by atoms with Crippen molar-refractivity contribution in [1.82, 2.24) is 4.98 Å². The minimum Gasteiger partial charge on any atom is -0.399 e. The second kappa shape index (κ2) is 4.75. The third-order valence-corrected chi connectivity index (χ3v) is 2.48. The van der Waals surface area contributed by atoms with E-state index in [1.165, 1.54) is 0 Å². The topological polar surface area (TPSA) is 94.0 Å². The summed E-state index contributed by atoms with van der Waals surface area (Å²) in [6.45, 7) is 1.93. The number of nitrogen functional groups attached to an aromatic ring is 2. The molecule has 0 aliphatic rings. The lowest BCUT2D eigenvalue weighted by Gasteiger charge is -2.07. The molecule has 5 N–H and O–H groups in total. The predicted molar refractivity (Wildman–Crippen MR) is 72.2 cm³/mol. The summed E-state index contributed by atoms with van der Waals surface area (Å²) in [5.74, 6) is 0.196. The molecule has 0 saturated carbocycles. The van der Waals surface area contributed by atoms with Crippen LogP contribution in [0, 0.1) is 6.92 Å². The highest BCUT2D eigenvalue weighted by molar-refractivity contribution is 6.07. The molecule has 1 amide bonds. The Morgan fingerprint density at radius 2 is 2.00 bits per heavy atom. The molecule has 5 heteroatoms. The number of amides is 1. The predicted octanol–water partition coefficient (Wildman–Crippen LogP) is 1.81. The van der Waals surface area contributed by atoms with Crippen LogP contribution < -0.4 is 16.8 Å². The summed E-state index contributed by atoms with van der Waals surface area (Å²) >= 11 is 0. The quantitative estimate of drug-likeness (QED) is 0.700. The van der Waals surface area contributed by atoms with Gasteiger partial charge in [-0.3, -0.25) is 4.79 Å². The Bertz CT molecular complexity index is 595. The Balaban J connectivity index is 2.22. The lowest BCUT2D eigenvalue weighted by molar-refractivity contribution is 0.102. The molecule has 0 spiro atoms. The van der Waals surface area contributed by atoms with Crippen LogP contribution in [0.3, 0.4) is 0 Å². The highest BCUT2D eigenvalue weighted by atomic mass is 16.1. The van der Waals surface area contributed by atoms with Crippen molar-refractivity contribution in [2.24, 2.45) is 0 Å². The van der Waals surface area contributed by atoms with Gasteiger partial charge in [-0.2, -0.15) is 0 Å². The van der Waals surface area contributed by atoms with Gasteiger partial charge in [-0.05, 0) is 42.8 Å². The molecule has 0 bridgehead atoms. The van der Waals surface area contributed by atoms with Gasteiger partial charge in [0, 0.05) is 17.6 Å². The van der Waals surface area contributed by atoms with E-state index in [9.17, 15) is 4.79 Å². The van der Waals surface area contributed by atoms with Gasteiger partial charge >= 0.3 is 0 Å². The van der Waals surface area contributed by atoms with Gasteiger partial charge in [0.25, 0.3) is 5.91 Å². The van der Waals surface area contributed by atoms with E-state index in [-0.39, 0.29) is 5.91 Å². The van der Waals surface area contributed by atoms with Crippen molar-refractivity contribution in [3.63, 3.8) is 0 Å². The first-order valence-corrected chi connectivity index (χ1v) is 5.45. The Kier molecular flexibility index (Phi) is 3.14. The molecule has 0 aliphatic carbocycles. The van der Waals surface area contributed by atoms with Gasteiger partial charge in [0.05, 0.1) is 5.56 Å². The normalized spacial score (nSPS) is 10.1. The molecular weight excluding hydrogens is 228 g/mol. The van der Waals surface area contributed by atoms with Gasteiger partial charge in [0.2, 0.25) is 0 Å². The average molecular weight is 242 g/mol. The number of nitrogens with zero attached hydrogens (tertiary/aromatic N) is 1. The number of benzene rings is 1. The van der Waals surface area contributed by atoms with Gasteiger partial charge in [0.15, 0.2) is 0 Å². The third-order valence-electron chi connectivity index (χ3n) is 2.48. The van der Waals surface area contributed by atoms with Crippen molar-refractivity contribution < 1.29 is 4.79 Å². The smallest absolute Gasteiger partial charge is 0.258 e. The number of hydrogen-bond acceptors (Lipinski definition) is 4. The first-order chi connectivity index (χ1) is 8.56. The third kappa shape index (κ3) is 2.57. The van der Waals surface area contributed by atoms with Crippen molar-refractivity contribution in [2.75, 3.05) is 16.8 Å². The van der Waals surface area contributed by atoms with E-state index in [2.05, 4.69) is 10.3 Å². The fourth-order valence-electron chi connectivity index (χ4n) is 1.58. The molecule has 0 unspecified atom stereocenters. The maximum Gasteiger partial charge on any atom is 0.258 e. The van der Waals surface area contributed by atoms with Crippen LogP contribution in [0.2, 0.25) is 0 Å². The number of nitrogens with two attached hydrogens (primary N) is 2. The van der Waals surface area contributed by atoms with Crippen LogP contribution in [0.25, 0.3) is 0 Å². The van der Waals surface area contributed by atoms with Crippen LogP contribution in [-0.4, -0.2) is 10.9 Å². The summed E-state index contributed by atoms with van der Waals surface area (Å²) in [6.07, 6.45) is 1.64. The molecule has 1 aromatic heterocycles. The fourth-order valence-corrected chi connectivity index (χ4v) is 1.58. The number of nitrogens with one attached hydrogen (secondary N) is 1. The summed E-state index contributed by atoms with van der Waals surface area (Å²) in [6, 6.07) is 8.42. The van der Waals surface area contributed by atoms with E-state index in [0.717, 1.165) is 5.56 Å². The van der Waals surface area contributed by atoms with E-state index < -0.39 is 0 Å². The van der Waals surface area contributed by atoms with Crippen molar-refractivity contribution in [1.29, 1.82) is 0 Å². The molecular formula is C13H14N4O. The van der Waals surface area contributed by atoms with Crippen molar-refractivity contribution in [3.8, 4) is 0 Å². The fraction of sp³-hybridized carbons (Fsp3) is 0.0769. The lowest BCUT2D eigenvalue weighted by Crippen LogP contribution is -2.15. The number of pyridine rings is 1. The van der Waals surface area contributed by atoms with Gasteiger partial charge in [-0.15, -0.1) is 0 Å². The zero-order valence-corrected chi connectivity index (χ0v) is 9.97. The van der Waals surface area contributed by atoms with Gasteiger partial charge in [-0.1, -0.05) is 0 Å². The number of aryl methyl sites for hydroxylation is 1. The van der Waals surface area contributed by atoms with E-state index in [1.54, 1.807) is 30.5 Å². The molecule has 5 nitrogen and oxygen atoms in total. The number of rotatable bonds is 2. The molecule has 0 aliphatic heterocycles. The van der Waals surface area contributed by atoms with Crippen LogP contribution in [-0.2, 0) is 0 Å². The largest absolute Gasteiger partial charge is 0.399 e. The highest BCUT2D eigenvalue weighted by Crippen LogP contribution is 2.17. The highest BCUT2D eigenvalue weighted by Gasteiger charge is 2.10. The van der Waals surface area contributed by atoms with E-state index in [4.69, 9.17) is 11.5 Å². The van der Waals surface area contributed by atoms with E-state index in [0.29, 0.717) is 22.8 Å². The number of anilines is 3. The number of hydrogen-bond donors (Lipinski definition) is 3. The molecule has 2 aromatic rings.